The van der Waals surface area contributed by atoms with Crippen LogP contribution in [0.25, 0.3) is 0 Å². The molecule has 0 spiro atoms. The highest BCUT2D eigenvalue weighted by atomic mass is 19.1. The number of rotatable bonds is 8. The normalized spacial score (nSPS) is 15.5. The Balaban J connectivity index is 1.61. The predicted molar refractivity (Wildman–Crippen MR) is 113 cm³/mol. The summed E-state index contributed by atoms with van der Waals surface area (Å²) < 4.78 is 13.8. The maximum atomic E-state index is 13.8. The molecule has 28 heavy (non-hydrogen) atoms. The number of amides is 1. The molecular weight excluding hydrogens is 351 g/mol. The molecule has 3 nitrogen and oxygen atoms in total. The minimum absolute atomic E-state index is 0.121. The molecule has 0 aliphatic carbocycles. The third kappa shape index (κ3) is 5.65. The fraction of sp³-hybridized carbons (Fsp3) is 0.458. The molecule has 0 saturated carbocycles. The highest BCUT2D eigenvalue weighted by Crippen LogP contribution is 2.26. The first-order valence-electron chi connectivity index (χ1n) is 10.5. The van der Waals surface area contributed by atoms with E-state index in [1.54, 1.807) is 6.07 Å². The first-order valence-corrected chi connectivity index (χ1v) is 10.5. The highest BCUT2D eigenvalue weighted by molar-refractivity contribution is 5.94. The number of anilines is 1. The second-order valence-corrected chi connectivity index (χ2v) is 7.66. The lowest BCUT2D eigenvalue weighted by Gasteiger charge is -2.38. The quantitative estimate of drug-likeness (QED) is 0.637. The monoisotopic (exact) mass is 382 g/mol. The molecule has 0 aromatic heterocycles. The SMILES string of the molecule is CCCCC(=O)N(c1cccc(F)c1)C1CCN(CCc2ccccc2)CC1. The van der Waals surface area contributed by atoms with Gasteiger partial charge in [0, 0.05) is 37.8 Å². The van der Waals surface area contributed by atoms with E-state index >= 15 is 0 Å². The topological polar surface area (TPSA) is 23.6 Å². The maximum absolute atomic E-state index is 13.8. The number of nitrogens with zero attached hydrogens (tertiary/aromatic N) is 2. The van der Waals surface area contributed by atoms with Crippen molar-refractivity contribution in [2.45, 2.75) is 51.5 Å². The molecule has 0 bridgehead atoms. The number of unbranched alkanes of at least 4 members (excludes halogenated alkanes) is 1. The number of hydrogen-bond acceptors (Lipinski definition) is 2. The standard InChI is InChI=1S/C24H31FN2O/c1-2-3-12-24(28)27(23-11-7-10-21(25)19-23)22-14-17-26(18-15-22)16-13-20-8-5-4-6-9-20/h4-11,19,22H,2-3,12-18H2,1H3. The summed E-state index contributed by atoms with van der Waals surface area (Å²) in [5, 5.41) is 0. The van der Waals surface area contributed by atoms with Gasteiger partial charge < -0.3 is 9.80 Å². The van der Waals surface area contributed by atoms with Gasteiger partial charge in [0.05, 0.1) is 0 Å². The number of halogens is 1. The van der Waals surface area contributed by atoms with E-state index in [9.17, 15) is 9.18 Å². The van der Waals surface area contributed by atoms with Gasteiger partial charge in [-0.2, -0.15) is 0 Å². The van der Waals surface area contributed by atoms with Crippen molar-refractivity contribution in [3.8, 4) is 0 Å². The van der Waals surface area contributed by atoms with Gasteiger partial charge in [0.15, 0.2) is 0 Å². The molecule has 1 amide bonds. The van der Waals surface area contributed by atoms with Gasteiger partial charge in [0.25, 0.3) is 0 Å². The van der Waals surface area contributed by atoms with Gasteiger partial charge in [-0.3, -0.25) is 4.79 Å². The van der Waals surface area contributed by atoms with Crippen LogP contribution in [-0.4, -0.2) is 36.5 Å². The molecule has 0 atom stereocenters. The largest absolute Gasteiger partial charge is 0.309 e. The summed E-state index contributed by atoms with van der Waals surface area (Å²) in [6.07, 6.45) is 5.31. The van der Waals surface area contributed by atoms with E-state index in [1.807, 2.05) is 17.0 Å². The Hall–Kier alpha value is -2.20. The van der Waals surface area contributed by atoms with E-state index in [-0.39, 0.29) is 17.8 Å². The van der Waals surface area contributed by atoms with E-state index in [0.29, 0.717) is 12.1 Å². The molecule has 1 saturated heterocycles. The van der Waals surface area contributed by atoms with Crippen LogP contribution in [0.1, 0.15) is 44.6 Å². The average Bonchev–Trinajstić information content (AvgIpc) is 2.73. The fourth-order valence-corrected chi connectivity index (χ4v) is 3.97. The summed E-state index contributed by atoms with van der Waals surface area (Å²) in [4.78, 5) is 17.2. The molecule has 3 rings (SSSR count). The van der Waals surface area contributed by atoms with Crippen LogP contribution in [0.3, 0.4) is 0 Å². The van der Waals surface area contributed by atoms with Gasteiger partial charge in [0.1, 0.15) is 5.82 Å². The number of likely N-dealkylation sites (tertiary alicyclic amines) is 1. The third-order valence-electron chi connectivity index (χ3n) is 5.58. The van der Waals surface area contributed by atoms with E-state index in [1.165, 1.54) is 17.7 Å². The zero-order chi connectivity index (χ0) is 19.8. The molecule has 4 heteroatoms. The van der Waals surface area contributed by atoms with Crippen LogP contribution in [0.2, 0.25) is 0 Å². The van der Waals surface area contributed by atoms with Crippen molar-refractivity contribution < 1.29 is 9.18 Å². The lowest BCUT2D eigenvalue weighted by molar-refractivity contribution is -0.119. The van der Waals surface area contributed by atoms with Crippen molar-refractivity contribution in [3.05, 3.63) is 66.0 Å². The van der Waals surface area contributed by atoms with Crippen molar-refractivity contribution in [1.29, 1.82) is 0 Å². The number of carbonyl (C=O) groups excluding carboxylic acids is 1. The van der Waals surface area contributed by atoms with Gasteiger partial charge in [-0.1, -0.05) is 49.7 Å². The van der Waals surface area contributed by atoms with Crippen molar-refractivity contribution in [2.24, 2.45) is 0 Å². The summed E-state index contributed by atoms with van der Waals surface area (Å²) in [5.74, 6) is -0.165. The Bertz CT molecular complexity index is 741. The summed E-state index contributed by atoms with van der Waals surface area (Å²) in [6.45, 7) is 5.08. The lowest BCUT2D eigenvalue weighted by Crippen LogP contribution is -2.48. The average molecular weight is 383 g/mol. The van der Waals surface area contributed by atoms with Gasteiger partial charge in [-0.15, -0.1) is 0 Å². The Morgan fingerprint density at radius 3 is 2.54 bits per heavy atom. The molecule has 2 aromatic carbocycles. The van der Waals surface area contributed by atoms with Crippen molar-refractivity contribution >= 4 is 11.6 Å². The Labute approximate surface area is 168 Å². The predicted octanol–water partition coefficient (Wildman–Crippen LogP) is 5.06. The number of hydrogen-bond donors (Lipinski definition) is 0. The maximum Gasteiger partial charge on any atom is 0.227 e. The molecular formula is C24H31FN2O. The van der Waals surface area contributed by atoms with Crippen LogP contribution >= 0.6 is 0 Å². The zero-order valence-electron chi connectivity index (χ0n) is 16.8. The minimum atomic E-state index is -0.286. The molecule has 150 valence electrons. The van der Waals surface area contributed by atoms with Gasteiger partial charge in [-0.25, -0.2) is 4.39 Å². The Morgan fingerprint density at radius 1 is 1.11 bits per heavy atom. The molecule has 0 radical (unpaired) electrons. The molecule has 0 unspecified atom stereocenters. The zero-order valence-corrected chi connectivity index (χ0v) is 16.8. The van der Waals surface area contributed by atoms with Crippen molar-refractivity contribution in [2.75, 3.05) is 24.5 Å². The van der Waals surface area contributed by atoms with Crippen LogP contribution in [-0.2, 0) is 11.2 Å². The summed E-state index contributed by atoms with van der Waals surface area (Å²) in [6, 6.07) is 17.2. The number of benzene rings is 2. The summed E-state index contributed by atoms with van der Waals surface area (Å²) in [7, 11) is 0. The van der Waals surface area contributed by atoms with Gasteiger partial charge in [0.2, 0.25) is 5.91 Å². The molecule has 1 aliphatic heterocycles. The van der Waals surface area contributed by atoms with Gasteiger partial charge >= 0.3 is 0 Å². The second kappa shape index (κ2) is 10.4. The molecule has 1 aliphatic rings. The van der Waals surface area contributed by atoms with E-state index in [0.717, 1.165) is 51.7 Å². The van der Waals surface area contributed by atoms with Crippen LogP contribution in [0.4, 0.5) is 10.1 Å². The third-order valence-corrected chi connectivity index (χ3v) is 5.58. The van der Waals surface area contributed by atoms with E-state index in [4.69, 9.17) is 0 Å². The number of carbonyl (C=O) groups is 1. The second-order valence-electron chi connectivity index (χ2n) is 7.66. The van der Waals surface area contributed by atoms with Crippen LogP contribution in [0.15, 0.2) is 54.6 Å². The van der Waals surface area contributed by atoms with Crippen LogP contribution in [0, 0.1) is 5.82 Å². The van der Waals surface area contributed by atoms with Crippen molar-refractivity contribution in [1.82, 2.24) is 4.90 Å². The first-order chi connectivity index (χ1) is 13.7. The molecule has 1 fully saturated rings. The molecule has 0 N–H and O–H groups in total. The van der Waals surface area contributed by atoms with Gasteiger partial charge in [-0.05, 0) is 49.4 Å². The Morgan fingerprint density at radius 2 is 1.86 bits per heavy atom. The van der Waals surface area contributed by atoms with Crippen molar-refractivity contribution in [3.63, 3.8) is 0 Å². The summed E-state index contributed by atoms with van der Waals surface area (Å²) >= 11 is 0. The molecule has 1 heterocycles. The lowest BCUT2D eigenvalue weighted by atomic mass is 10.0. The molecule has 2 aromatic rings. The smallest absolute Gasteiger partial charge is 0.227 e. The first kappa shape index (κ1) is 20.5. The summed E-state index contributed by atoms with van der Waals surface area (Å²) in [5.41, 5.74) is 2.06. The van der Waals surface area contributed by atoms with Crippen LogP contribution < -0.4 is 4.90 Å². The fourth-order valence-electron chi connectivity index (χ4n) is 3.97. The Kier molecular flexibility index (Phi) is 7.61. The van der Waals surface area contributed by atoms with E-state index < -0.39 is 0 Å². The van der Waals surface area contributed by atoms with E-state index in [2.05, 4.69) is 36.1 Å². The van der Waals surface area contributed by atoms with Crippen LogP contribution in [0.5, 0.6) is 0 Å². The highest BCUT2D eigenvalue weighted by Gasteiger charge is 2.28. The minimum Gasteiger partial charge on any atom is -0.309 e. The number of piperidine rings is 1.